The molecule has 6 nitrogen and oxygen atoms in total. The van der Waals surface area contributed by atoms with Gasteiger partial charge in [-0.25, -0.2) is 0 Å². The number of hydrogen-bond acceptors (Lipinski definition) is 4. The van der Waals surface area contributed by atoms with Crippen LogP contribution in [0.2, 0.25) is 5.02 Å². The van der Waals surface area contributed by atoms with Crippen molar-refractivity contribution in [3.05, 3.63) is 75.3 Å². The fraction of sp³-hybridized carbons (Fsp3) is 0.0588. The molecule has 2 aromatic heterocycles. The van der Waals surface area contributed by atoms with E-state index in [0.717, 1.165) is 0 Å². The molecule has 7 heteroatoms. The van der Waals surface area contributed by atoms with Crippen molar-refractivity contribution in [3.63, 3.8) is 0 Å². The van der Waals surface area contributed by atoms with Crippen molar-refractivity contribution in [1.29, 1.82) is 0 Å². The van der Waals surface area contributed by atoms with Gasteiger partial charge in [0.2, 0.25) is 11.3 Å². The molecule has 2 heterocycles. The lowest BCUT2D eigenvalue weighted by molar-refractivity contribution is -0.118. The number of benzene rings is 1. The Kier molecular flexibility index (Phi) is 4.14. The summed E-state index contributed by atoms with van der Waals surface area (Å²) in [5.74, 6) is -1.04. The number of ketones is 1. The van der Waals surface area contributed by atoms with Gasteiger partial charge in [-0.1, -0.05) is 11.6 Å². The molecule has 0 unspecified atom stereocenters. The van der Waals surface area contributed by atoms with Crippen molar-refractivity contribution in [1.82, 2.24) is 9.55 Å². The second kappa shape index (κ2) is 6.25. The van der Waals surface area contributed by atoms with E-state index >= 15 is 0 Å². The summed E-state index contributed by atoms with van der Waals surface area (Å²) in [6.07, 6.45) is 4.28. The highest BCUT2D eigenvalue weighted by Gasteiger charge is 2.18. The summed E-state index contributed by atoms with van der Waals surface area (Å²) in [5, 5.41) is 0.613. The number of nitrogens with two attached hydrogens (primary N) is 1. The van der Waals surface area contributed by atoms with E-state index in [4.69, 9.17) is 17.3 Å². The van der Waals surface area contributed by atoms with E-state index in [-0.39, 0.29) is 17.5 Å². The summed E-state index contributed by atoms with van der Waals surface area (Å²) in [5.41, 5.74) is 5.57. The molecule has 3 rings (SSSR count). The van der Waals surface area contributed by atoms with Crippen LogP contribution in [0.25, 0.3) is 10.9 Å². The van der Waals surface area contributed by atoms with Gasteiger partial charge in [0.05, 0.1) is 11.1 Å². The second-order valence-corrected chi connectivity index (χ2v) is 5.63. The van der Waals surface area contributed by atoms with Crippen LogP contribution in [0.4, 0.5) is 0 Å². The van der Waals surface area contributed by atoms with Crippen LogP contribution < -0.4 is 11.2 Å². The van der Waals surface area contributed by atoms with Gasteiger partial charge in [0.15, 0.2) is 5.78 Å². The fourth-order valence-corrected chi connectivity index (χ4v) is 2.66. The Bertz CT molecular complexity index is 1010. The number of halogens is 1. The molecule has 0 saturated heterocycles. The van der Waals surface area contributed by atoms with Crippen LogP contribution >= 0.6 is 11.6 Å². The van der Waals surface area contributed by atoms with Gasteiger partial charge in [-0.2, -0.15) is 0 Å². The predicted molar refractivity (Wildman–Crippen MR) is 90.1 cm³/mol. The molecule has 0 saturated carbocycles. The van der Waals surface area contributed by atoms with Crippen LogP contribution in [0.3, 0.4) is 0 Å². The molecule has 0 atom stereocenters. The third kappa shape index (κ3) is 2.91. The summed E-state index contributed by atoms with van der Waals surface area (Å²) < 4.78 is 1.48. The summed E-state index contributed by atoms with van der Waals surface area (Å²) >= 11 is 5.96. The predicted octanol–water partition coefficient (Wildman–Crippen LogP) is 1.77. The number of amides is 1. The minimum absolute atomic E-state index is 0.0581. The Labute approximate surface area is 141 Å². The first kappa shape index (κ1) is 15.9. The van der Waals surface area contributed by atoms with Gasteiger partial charge in [0, 0.05) is 34.6 Å². The topological polar surface area (TPSA) is 95.1 Å². The molecule has 0 aliphatic heterocycles. The molecule has 120 valence electrons. The first-order valence-corrected chi connectivity index (χ1v) is 7.41. The van der Waals surface area contributed by atoms with E-state index in [2.05, 4.69) is 4.98 Å². The standard InChI is InChI=1S/C17H12ClN3O3/c18-11-1-2-14-12(7-11)17(24)13(8-21(14)9-15(19)22)16(23)10-3-5-20-6-4-10/h1-8H,9H2,(H2,19,22). The Morgan fingerprint density at radius 1 is 1.17 bits per heavy atom. The van der Waals surface area contributed by atoms with Crippen LogP contribution in [0.5, 0.6) is 0 Å². The highest BCUT2D eigenvalue weighted by Crippen LogP contribution is 2.18. The Balaban J connectivity index is 2.28. The SMILES string of the molecule is NC(=O)Cn1cc(C(=O)c2ccncc2)c(=O)c2cc(Cl)ccc21. The number of pyridine rings is 2. The third-order valence-electron chi connectivity index (χ3n) is 3.56. The number of rotatable bonds is 4. The zero-order valence-electron chi connectivity index (χ0n) is 12.4. The molecule has 0 spiro atoms. The maximum Gasteiger partial charge on any atom is 0.237 e. The summed E-state index contributed by atoms with van der Waals surface area (Å²) in [6, 6.07) is 7.72. The van der Waals surface area contributed by atoms with Crippen molar-refractivity contribution in [2.24, 2.45) is 5.73 Å². The number of carbonyl (C=O) groups excluding carboxylic acids is 2. The lowest BCUT2D eigenvalue weighted by atomic mass is 10.0. The van der Waals surface area contributed by atoms with Crippen LogP contribution in [0, 0.1) is 0 Å². The zero-order chi connectivity index (χ0) is 17.3. The third-order valence-corrected chi connectivity index (χ3v) is 3.79. The molecule has 0 fully saturated rings. The average molecular weight is 342 g/mol. The Hall–Kier alpha value is -2.99. The summed E-state index contributed by atoms with van der Waals surface area (Å²) in [7, 11) is 0. The van der Waals surface area contributed by atoms with Crippen molar-refractivity contribution in [2.45, 2.75) is 6.54 Å². The largest absolute Gasteiger partial charge is 0.368 e. The maximum absolute atomic E-state index is 12.7. The van der Waals surface area contributed by atoms with Gasteiger partial charge in [0.1, 0.15) is 6.54 Å². The monoisotopic (exact) mass is 341 g/mol. The molecule has 2 N–H and O–H groups in total. The molecule has 1 aromatic carbocycles. The molecule has 0 aliphatic rings. The smallest absolute Gasteiger partial charge is 0.237 e. The average Bonchev–Trinajstić information content (AvgIpc) is 2.57. The lowest BCUT2D eigenvalue weighted by Gasteiger charge is -2.12. The van der Waals surface area contributed by atoms with Gasteiger partial charge < -0.3 is 10.3 Å². The Morgan fingerprint density at radius 3 is 2.54 bits per heavy atom. The van der Waals surface area contributed by atoms with Crippen molar-refractivity contribution < 1.29 is 9.59 Å². The van der Waals surface area contributed by atoms with Crippen LogP contribution in [0.15, 0.2) is 53.7 Å². The second-order valence-electron chi connectivity index (χ2n) is 5.19. The van der Waals surface area contributed by atoms with E-state index in [1.54, 1.807) is 12.1 Å². The molecule has 0 aliphatic carbocycles. The van der Waals surface area contributed by atoms with E-state index in [1.807, 2.05) is 0 Å². The number of fused-ring (bicyclic) bond motifs is 1. The number of carbonyl (C=O) groups is 2. The van der Waals surface area contributed by atoms with Gasteiger partial charge in [-0.3, -0.25) is 19.4 Å². The number of nitrogens with zero attached hydrogens (tertiary/aromatic N) is 2. The van der Waals surface area contributed by atoms with Crippen LogP contribution in [-0.2, 0) is 11.3 Å². The summed E-state index contributed by atoms with van der Waals surface area (Å²) in [6.45, 7) is -0.158. The molecule has 3 aromatic rings. The first-order valence-electron chi connectivity index (χ1n) is 7.03. The molecule has 24 heavy (non-hydrogen) atoms. The summed E-state index contributed by atoms with van der Waals surface area (Å²) in [4.78, 5) is 40.5. The van der Waals surface area contributed by atoms with E-state index in [9.17, 15) is 14.4 Å². The van der Waals surface area contributed by atoms with Crippen molar-refractivity contribution in [2.75, 3.05) is 0 Å². The van der Waals surface area contributed by atoms with E-state index in [1.165, 1.54) is 41.4 Å². The van der Waals surface area contributed by atoms with Crippen molar-refractivity contribution in [3.8, 4) is 0 Å². The van der Waals surface area contributed by atoms with Crippen molar-refractivity contribution >= 4 is 34.2 Å². The lowest BCUT2D eigenvalue weighted by Crippen LogP contribution is -2.24. The quantitative estimate of drug-likeness (QED) is 0.731. The normalized spacial score (nSPS) is 10.7. The highest BCUT2D eigenvalue weighted by molar-refractivity contribution is 6.31. The highest BCUT2D eigenvalue weighted by atomic mass is 35.5. The van der Waals surface area contributed by atoms with Gasteiger partial charge in [-0.15, -0.1) is 0 Å². The minimum atomic E-state index is -0.586. The molecule has 1 amide bonds. The Morgan fingerprint density at radius 2 is 1.88 bits per heavy atom. The molecular formula is C17H12ClN3O3. The van der Waals surface area contributed by atoms with Crippen LogP contribution in [0.1, 0.15) is 15.9 Å². The van der Waals surface area contributed by atoms with Gasteiger partial charge in [-0.05, 0) is 30.3 Å². The van der Waals surface area contributed by atoms with E-state index < -0.39 is 17.1 Å². The first-order chi connectivity index (χ1) is 11.5. The number of hydrogen-bond donors (Lipinski definition) is 1. The number of aromatic nitrogens is 2. The maximum atomic E-state index is 12.7. The van der Waals surface area contributed by atoms with Gasteiger partial charge >= 0.3 is 0 Å². The van der Waals surface area contributed by atoms with Crippen LogP contribution in [-0.4, -0.2) is 21.2 Å². The molecule has 0 bridgehead atoms. The van der Waals surface area contributed by atoms with E-state index in [0.29, 0.717) is 16.1 Å². The molecule has 0 radical (unpaired) electrons. The minimum Gasteiger partial charge on any atom is -0.368 e. The zero-order valence-corrected chi connectivity index (χ0v) is 13.2. The van der Waals surface area contributed by atoms with Gasteiger partial charge in [0.25, 0.3) is 0 Å². The fourth-order valence-electron chi connectivity index (χ4n) is 2.49. The number of primary amides is 1. The molecular weight excluding hydrogens is 330 g/mol.